The van der Waals surface area contributed by atoms with Crippen LogP contribution in [0.1, 0.15) is 30.4 Å². The van der Waals surface area contributed by atoms with E-state index in [4.69, 9.17) is 0 Å². The van der Waals surface area contributed by atoms with Gasteiger partial charge < -0.3 is 10.0 Å². The van der Waals surface area contributed by atoms with Crippen molar-refractivity contribution < 1.29 is 5.11 Å². The van der Waals surface area contributed by atoms with Crippen LogP contribution in [0.15, 0.2) is 42.7 Å². The van der Waals surface area contributed by atoms with Crippen molar-refractivity contribution in [1.29, 1.82) is 0 Å². The first kappa shape index (κ1) is 17.4. The molecule has 2 aliphatic rings. The maximum absolute atomic E-state index is 10.3. The molecule has 2 saturated heterocycles. The van der Waals surface area contributed by atoms with Crippen molar-refractivity contribution in [2.75, 3.05) is 25.6 Å². The molecule has 0 aliphatic carbocycles. The Labute approximate surface area is 155 Å². The van der Waals surface area contributed by atoms with Crippen molar-refractivity contribution in [2.45, 2.75) is 44.3 Å². The Morgan fingerprint density at radius 1 is 1.12 bits per heavy atom. The third-order valence-corrected chi connectivity index (χ3v) is 6.16. The molecule has 3 atom stereocenters. The molecule has 26 heavy (non-hydrogen) atoms. The van der Waals surface area contributed by atoms with Gasteiger partial charge in [0.05, 0.1) is 6.61 Å². The molecule has 0 unspecified atom stereocenters. The summed E-state index contributed by atoms with van der Waals surface area (Å²) in [6.07, 6.45) is 8.33. The first-order chi connectivity index (χ1) is 12.6. The Morgan fingerprint density at radius 3 is 2.50 bits per heavy atom. The standard InChI is InChI=1S/C21H28N4O/c1-24(2)20-22-12-17(13-23-20)14-25-18-8-9-19(25)21(11-18,15-26)10-16-6-4-3-5-7-16/h3-7,12-13,18-19,26H,8-11,14-15H2,1-2H3/t18-,19+,21-/m0/s1. The number of hydrogen-bond acceptors (Lipinski definition) is 5. The van der Waals surface area contributed by atoms with Gasteiger partial charge in [-0.25, -0.2) is 9.97 Å². The van der Waals surface area contributed by atoms with Crippen LogP contribution in [0.5, 0.6) is 0 Å². The number of benzene rings is 1. The minimum atomic E-state index is -0.0191. The number of aromatic nitrogens is 2. The largest absolute Gasteiger partial charge is 0.396 e. The first-order valence-corrected chi connectivity index (χ1v) is 9.50. The molecule has 5 heteroatoms. The van der Waals surface area contributed by atoms with Gasteiger partial charge in [0, 0.05) is 56.1 Å². The number of fused-ring (bicyclic) bond motifs is 2. The maximum Gasteiger partial charge on any atom is 0.224 e. The van der Waals surface area contributed by atoms with E-state index in [2.05, 4.69) is 45.2 Å². The van der Waals surface area contributed by atoms with E-state index in [0.717, 1.165) is 30.9 Å². The lowest BCUT2D eigenvalue weighted by Gasteiger charge is -2.36. The van der Waals surface area contributed by atoms with Gasteiger partial charge in [0.25, 0.3) is 0 Å². The molecule has 0 saturated carbocycles. The average Bonchev–Trinajstić information content (AvgIpc) is 3.18. The SMILES string of the molecule is CN(C)c1ncc(CN2[C@H]3CC[C@@H]2[C@@](CO)(Cc2ccccc2)C3)cn1. The van der Waals surface area contributed by atoms with Gasteiger partial charge in [0.1, 0.15) is 0 Å². The number of aliphatic hydroxyl groups excluding tert-OH is 1. The van der Waals surface area contributed by atoms with Crippen LogP contribution < -0.4 is 4.90 Å². The third kappa shape index (κ3) is 3.10. The first-order valence-electron chi connectivity index (χ1n) is 9.50. The molecule has 0 amide bonds. The zero-order chi connectivity index (χ0) is 18.1. The summed E-state index contributed by atoms with van der Waals surface area (Å²) >= 11 is 0. The smallest absolute Gasteiger partial charge is 0.224 e. The molecule has 4 rings (SSSR count). The number of anilines is 1. The van der Waals surface area contributed by atoms with Crippen LogP contribution in [0.25, 0.3) is 0 Å². The highest BCUT2D eigenvalue weighted by molar-refractivity contribution is 5.27. The molecular weight excluding hydrogens is 324 g/mol. The summed E-state index contributed by atoms with van der Waals surface area (Å²) in [7, 11) is 3.91. The lowest BCUT2D eigenvalue weighted by atomic mass is 9.70. The summed E-state index contributed by atoms with van der Waals surface area (Å²) in [4.78, 5) is 13.4. The van der Waals surface area contributed by atoms with Gasteiger partial charge in [-0.1, -0.05) is 30.3 Å². The normalized spacial score (nSPS) is 27.8. The Hall–Kier alpha value is -1.98. The van der Waals surface area contributed by atoms with Crippen molar-refractivity contribution in [3.8, 4) is 0 Å². The van der Waals surface area contributed by atoms with E-state index in [0.29, 0.717) is 12.1 Å². The van der Waals surface area contributed by atoms with Gasteiger partial charge in [-0.05, 0) is 31.2 Å². The molecule has 1 aromatic carbocycles. The predicted octanol–water partition coefficient (Wildman–Crippen LogP) is 2.50. The summed E-state index contributed by atoms with van der Waals surface area (Å²) in [5, 5.41) is 10.3. The van der Waals surface area contributed by atoms with E-state index < -0.39 is 0 Å². The van der Waals surface area contributed by atoms with Crippen LogP contribution >= 0.6 is 0 Å². The van der Waals surface area contributed by atoms with Crippen LogP contribution in [0, 0.1) is 5.41 Å². The van der Waals surface area contributed by atoms with Crippen molar-refractivity contribution in [3.63, 3.8) is 0 Å². The highest BCUT2D eigenvalue weighted by Crippen LogP contribution is 2.51. The lowest BCUT2D eigenvalue weighted by Crippen LogP contribution is -2.41. The monoisotopic (exact) mass is 352 g/mol. The molecule has 1 N–H and O–H groups in total. The van der Waals surface area contributed by atoms with Gasteiger partial charge in [-0.3, -0.25) is 4.90 Å². The zero-order valence-electron chi connectivity index (χ0n) is 15.7. The fraction of sp³-hybridized carbons (Fsp3) is 0.524. The van der Waals surface area contributed by atoms with Crippen LogP contribution in [0.3, 0.4) is 0 Å². The van der Waals surface area contributed by atoms with Crippen LogP contribution in [0.4, 0.5) is 5.95 Å². The third-order valence-electron chi connectivity index (χ3n) is 6.16. The average molecular weight is 352 g/mol. The molecule has 2 aromatic rings. The second-order valence-electron chi connectivity index (χ2n) is 8.09. The second kappa shape index (κ2) is 6.97. The number of nitrogens with zero attached hydrogens (tertiary/aromatic N) is 4. The van der Waals surface area contributed by atoms with Crippen LogP contribution in [0.2, 0.25) is 0 Å². The molecule has 3 heterocycles. The molecule has 2 fully saturated rings. The van der Waals surface area contributed by atoms with E-state index >= 15 is 0 Å². The summed E-state index contributed by atoms with van der Waals surface area (Å²) in [5.41, 5.74) is 2.46. The van der Waals surface area contributed by atoms with Crippen molar-refractivity contribution in [2.24, 2.45) is 5.41 Å². The Kier molecular flexibility index (Phi) is 4.67. The predicted molar refractivity (Wildman–Crippen MR) is 103 cm³/mol. The van der Waals surface area contributed by atoms with Gasteiger partial charge in [0.2, 0.25) is 5.95 Å². The quantitative estimate of drug-likeness (QED) is 0.866. The lowest BCUT2D eigenvalue weighted by molar-refractivity contribution is 0.0750. The van der Waals surface area contributed by atoms with E-state index in [1.165, 1.54) is 18.4 Å². The van der Waals surface area contributed by atoms with Crippen molar-refractivity contribution >= 4 is 5.95 Å². The highest BCUT2D eigenvalue weighted by atomic mass is 16.3. The Morgan fingerprint density at radius 2 is 1.85 bits per heavy atom. The molecule has 0 radical (unpaired) electrons. The summed E-state index contributed by atoms with van der Waals surface area (Å²) in [6.45, 7) is 1.13. The van der Waals surface area contributed by atoms with E-state index in [9.17, 15) is 5.11 Å². The minimum Gasteiger partial charge on any atom is -0.396 e. The molecular formula is C21H28N4O. The van der Waals surface area contributed by atoms with Crippen LogP contribution in [-0.2, 0) is 13.0 Å². The minimum absolute atomic E-state index is 0.0191. The molecule has 0 spiro atoms. The molecule has 1 aromatic heterocycles. The summed E-state index contributed by atoms with van der Waals surface area (Å²) < 4.78 is 0. The van der Waals surface area contributed by atoms with Crippen molar-refractivity contribution in [1.82, 2.24) is 14.9 Å². The van der Waals surface area contributed by atoms with Crippen LogP contribution in [-0.4, -0.2) is 52.8 Å². The maximum atomic E-state index is 10.3. The van der Waals surface area contributed by atoms with Gasteiger partial charge in [-0.2, -0.15) is 0 Å². The second-order valence-corrected chi connectivity index (χ2v) is 8.09. The topological polar surface area (TPSA) is 52.5 Å². The molecule has 2 bridgehead atoms. The number of rotatable bonds is 6. The van der Waals surface area contributed by atoms with E-state index in [1.54, 1.807) is 0 Å². The zero-order valence-corrected chi connectivity index (χ0v) is 15.7. The molecule has 138 valence electrons. The van der Waals surface area contributed by atoms with E-state index in [1.807, 2.05) is 31.4 Å². The fourth-order valence-electron chi connectivity index (χ4n) is 4.95. The highest BCUT2D eigenvalue weighted by Gasteiger charge is 2.55. The molecule has 2 aliphatic heterocycles. The van der Waals surface area contributed by atoms with E-state index in [-0.39, 0.29) is 12.0 Å². The van der Waals surface area contributed by atoms with Crippen molar-refractivity contribution in [3.05, 3.63) is 53.9 Å². The molecule has 5 nitrogen and oxygen atoms in total. The Bertz CT molecular complexity index is 733. The number of aliphatic hydroxyl groups is 1. The fourth-order valence-corrected chi connectivity index (χ4v) is 4.95. The van der Waals surface area contributed by atoms with Gasteiger partial charge >= 0.3 is 0 Å². The Balaban J connectivity index is 1.52. The number of hydrogen-bond donors (Lipinski definition) is 1. The van der Waals surface area contributed by atoms with Gasteiger partial charge in [0.15, 0.2) is 0 Å². The summed E-state index contributed by atoms with van der Waals surface area (Å²) in [6, 6.07) is 11.6. The summed E-state index contributed by atoms with van der Waals surface area (Å²) in [5.74, 6) is 0.743. The van der Waals surface area contributed by atoms with Gasteiger partial charge in [-0.15, -0.1) is 0 Å².